The van der Waals surface area contributed by atoms with Gasteiger partial charge in [0.25, 0.3) is 0 Å². The Bertz CT molecular complexity index is 211. The van der Waals surface area contributed by atoms with Crippen LogP contribution in [0, 0.1) is 0 Å². The Kier molecular flexibility index (Phi) is 7.43. The highest BCUT2D eigenvalue weighted by molar-refractivity contribution is 6.69. The third-order valence-electron chi connectivity index (χ3n) is 4.55. The molecular weight excluding hydrogens is 246 g/mol. The number of hydrogen-bond donors (Lipinski definition) is 0. The molecule has 1 aliphatic carbocycles. The molecule has 0 aliphatic heterocycles. The maximum absolute atomic E-state index is 14.5. The quantitative estimate of drug-likeness (QED) is 0.217. The van der Waals surface area contributed by atoms with Gasteiger partial charge >= 0.3 is 8.74 Å². The van der Waals surface area contributed by atoms with E-state index in [0.29, 0.717) is 0 Å². The van der Waals surface area contributed by atoms with Gasteiger partial charge in [-0.05, 0) is 19.3 Å². The van der Waals surface area contributed by atoms with Crippen LogP contribution in [-0.4, -0.2) is 8.74 Å². The molecule has 18 heavy (non-hydrogen) atoms. The Morgan fingerprint density at radius 3 is 2.17 bits per heavy atom. The molecule has 1 aliphatic rings. The van der Waals surface area contributed by atoms with Crippen molar-refractivity contribution in [2.45, 2.75) is 95.6 Å². The molecule has 0 heterocycles. The highest BCUT2D eigenvalue weighted by Crippen LogP contribution is 2.45. The number of hydrogen-bond acceptors (Lipinski definition) is 0. The first kappa shape index (κ1) is 16.1. The zero-order valence-corrected chi connectivity index (χ0v) is 13.2. The standard InChI is InChI=1S/C15H30F2Si/c1-3-4-5-8-11-14(2)18(16,17)15-12-9-6-7-10-13-15/h14-15H,3-13H2,1-2H3. The Balaban J connectivity index is 2.39. The molecule has 3 heteroatoms. The van der Waals surface area contributed by atoms with Crippen LogP contribution in [0.2, 0.25) is 11.1 Å². The van der Waals surface area contributed by atoms with E-state index in [9.17, 15) is 8.22 Å². The lowest BCUT2D eigenvalue weighted by atomic mass is 10.1. The van der Waals surface area contributed by atoms with Crippen LogP contribution in [0.4, 0.5) is 8.22 Å². The fraction of sp³-hybridized carbons (Fsp3) is 1.00. The van der Waals surface area contributed by atoms with Gasteiger partial charge in [0, 0.05) is 11.1 Å². The summed E-state index contributed by atoms with van der Waals surface area (Å²) in [5.41, 5.74) is -0.501. The summed E-state index contributed by atoms with van der Waals surface area (Å²) in [6.07, 6.45) is 11.3. The molecule has 1 saturated carbocycles. The van der Waals surface area contributed by atoms with Crippen LogP contribution in [0.5, 0.6) is 0 Å². The van der Waals surface area contributed by atoms with E-state index in [1.165, 1.54) is 25.7 Å². The van der Waals surface area contributed by atoms with Crippen molar-refractivity contribution in [1.29, 1.82) is 0 Å². The Morgan fingerprint density at radius 1 is 1.00 bits per heavy atom. The summed E-state index contributed by atoms with van der Waals surface area (Å²) in [7, 11) is -4.00. The van der Waals surface area contributed by atoms with E-state index in [-0.39, 0.29) is 11.1 Å². The van der Waals surface area contributed by atoms with Crippen molar-refractivity contribution in [3.05, 3.63) is 0 Å². The summed E-state index contributed by atoms with van der Waals surface area (Å²) in [6.45, 7) is 3.99. The molecule has 0 amide bonds. The molecule has 0 aromatic rings. The summed E-state index contributed by atoms with van der Waals surface area (Å²) < 4.78 is 29.1. The molecule has 1 fully saturated rings. The molecule has 0 spiro atoms. The van der Waals surface area contributed by atoms with E-state index in [1.54, 1.807) is 0 Å². The minimum atomic E-state index is -4.00. The molecule has 1 atom stereocenters. The molecule has 0 bridgehead atoms. The van der Waals surface area contributed by atoms with E-state index in [4.69, 9.17) is 0 Å². The first-order valence-electron chi connectivity index (χ1n) is 7.96. The van der Waals surface area contributed by atoms with Gasteiger partial charge in [-0.3, -0.25) is 8.22 Å². The van der Waals surface area contributed by atoms with Crippen molar-refractivity contribution in [1.82, 2.24) is 0 Å². The largest absolute Gasteiger partial charge is 0.430 e. The van der Waals surface area contributed by atoms with Gasteiger partial charge in [0.2, 0.25) is 0 Å². The highest BCUT2D eigenvalue weighted by Gasteiger charge is 2.48. The lowest BCUT2D eigenvalue weighted by Gasteiger charge is -2.28. The van der Waals surface area contributed by atoms with E-state index in [0.717, 1.165) is 44.9 Å². The molecule has 0 radical (unpaired) electrons. The first-order chi connectivity index (χ1) is 8.59. The second-order valence-electron chi connectivity index (χ2n) is 6.11. The van der Waals surface area contributed by atoms with E-state index in [1.807, 2.05) is 6.92 Å². The van der Waals surface area contributed by atoms with Gasteiger partial charge in [-0.1, -0.05) is 65.2 Å². The molecule has 0 saturated heterocycles. The van der Waals surface area contributed by atoms with Crippen molar-refractivity contribution >= 4 is 8.74 Å². The summed E-state index contributed by atoms with van der Waals surface area (Å²) in [5, 5.41) is 0. The van der Waals surface area contributed by atoms with Crippen LogP contribution in [0.3, 0.4) is 0 Å². The van der Waals surface area contributed by atoms with Crippen molar-refractivity contribution in [2.24, 2.45) is 0 Å². The lowest BCUT2D eigenvalue weighted by molar-refractivity contribution is 0.461. The van der Waals surface area contributed by atoms with Gasteiger partial charge < -0.3 is 0 Å². The molecule has 0 aromatic heterocycles. The van der Waals surface area contributed by atoms with Gasteiger partial charge in [0.05, 0.1) is 0 Å². The fourth-order valence-electron chi connectivity index (χ4n) is 3.14. The highest BCUT2D eigenvalue weighted by atomic mass is 28.4. The van der Waals surface area contributed by atoms with Gasteiger partial charge in [0.1, 0.15) is 0 Å². The summed E-state index contributed by atoms with van der Waals surface area (Å²) >= 11 is 0. The maximum Gasteiger partial charge on any atom is 0.430 e. The molecule has 0 N–H and O–H groups in total. The van der Waals surface area contributed by atoms with Crippen LogP contribution in [0.1, 0.15) is 84.5 Å². The molecule has 0 nitrogen and oxygen atoms in total. The second-order valence-corrected chi connectivity index (χ2v) is 9.26. The van der Waals surface area contributed by atoms with Gasteiger partial charge in [0.15, 0.2) is 0 Å². The number of unbranched alkanes of at least 4 members (excludes halogenated alkanes) is 3. The van der Waals surface area contributed by atoms with Crippen LogP contribution in [0.15, 0.2) is 0 Å². The Morgan fingerprint density at radius 2 is 1.61 bits per heavy atom. The predicted octanol–water partition coefficient (Wildman–Crippen LogP) is 6.45. The van der Waals surface area contributed by atoms with Crippen LogP contribution in [0.25, 0.3) is 0 Å². The minimum absolute atomic E-state index is 0.207. The van der Waals surface area contributed by atoms with Crippen molar-refractivity contribution < 1.29 is 8.22 Å². The maximum atomic E-state index is 14.5. The minimum Gasteiger partial charge on any atom is -0.270 e. The molecular formula is C15H30F2Si. The Labute approximate surface area is 113 Å². The smallest absolute Gasteiger partial charge is 0.270 e. The van der Waals surface area contributed by atoms with Crippen molar-refractivity contribution in [3.8, 4) is 0 Å². The third kappa shape index (κ3) is 4.98. The topological polar surface area (TPSA) is 0 Å². The third-order valence-corrected chi connectivity index (χ3v) is 7.82. The summed E-state index contributed by atoms with van der Waals surface area (Å²) in [5.74, 6) is 0. The average molecular weight is 276 g/mol. The lowest BCUT2D eigenvalue weighted by Crippen LogP contribution is -2.34. The van der Waals surface area contributed by atoms with E-state index >= 15 is 0 Å². The predicted molar refractivity (Wildman–Crippen MR) is 77.6 cm³/mol. The first-order valence-corrected chi connectivity index (χ1v) is 9.88. The van der Waals surface area contributed by atoms with Crippen molar-refractivity contribution in [2.75, 3.05) is 0 Å². The van der Waals surface area contributed by atoms with Crippen LogP contribution < -0.4 is 0 Å². The van der Waals surface area contributed by atoms with Gasteiger partial charge in [-0.15, -0.1) is 0 Å². The Hall–Kier alpha value is 0.0769. The van der Waals surface area contributed by atoms with Crippen LogP contribution in [-0.2, 0) is 0 Å². The van der Waals surface area contributed by atoms with Crippen molar-refractivity contribution in [3.63, 3.8) is 0 Å². The monoisotopic (exact) mass is 276 g/mol. The second kappa shape index (κ2) is 8.29. The van der Waals surface area contributed by atoms with E-state index in [2.05, 4.69) is 6.92 Å². The zero-order chi connectivity index (χ0) is 13.4. The molecule has 1 unspecified atom stereocenters. The van der Waals surface area contributed by atoms with Gasteiger partial charge in [-0.2, -0.15) is 0 Å². The molecule has 0 aromatic carbocycles. The van der Waals surface area contributed by atoms with Crippen LogP contribution >= 0.6 is 0 Å². The summed E-state index contributed by atoms with van der Waals surface area (Å²) in [4.78, 5) is 0. The molecule has 108 valence electrons. The number of halogens is 2. The number of rotatable bonds is 7. The molecule has 1 rings (SSSR count). The normalized spacial score (nSPS) is 20.7. The summed E-state index contributed by atoms with van der Waals surface area (Å²) in [6, 6.07) is 0. The van der Waals surface area contributed by atoms with Gasteiger partial charge in [-0.25, -0.2) is 0 Å². The average Bonchev–Trinajstić information content (AvgIpc) is 2.63. The SMILES string of the molecule is CCCCCCC(C)[Si](F)(F)C1CCCCCC1. The zero-order valence-electron chi connectivity index (χ0n) is 12.2. The fourth-order valence-corrected chi connectivity index (χ4v) is 5.71. The van der Waals surface area contributed by atoms with E-state index < -0.39 is 8.74 Å².